The smallest absolute Gasteiger partial charge is 0.0499 e. The van der Waals surface area contributed by atoms with Gasteiger partial charge in [0, 0.05) is 29.2 Å². The molecular weight excluding hydrogens is 316 g/mol. The molecule has 1 saturated heterocycles. The molecule has 0 amide bonds. The number of hydrogen-bond donors (Lipinski definition) is 1. The fraction of sp³-hybridized carbons (Fsp3) is 0.417. The summed E-state index contributed by atoms with van der Waals surface area (Å²) in [4.78, 5) is 6.44. The van der Waals surface area contributed by atoms with Gasteiger partial charge in [-0.15, -0.1) is 0 Å². The van der Waals surface area contributed by atoms with E-state index in [9.17, 15) is 0 Å². The Labute approximate surface area is 156 Å². The monoisotopic (exact) mass is 344 g/mol. The first-order chi connectivity index (χ1) is 12.6. The predicted molar refractivity (Wildman–Crippen MR) is 109 cm³/mol. The molecular formula is C24H28N2. The Bertz CT molecular complexity index is 953. The summed E-state index contributed by atoms with van der Waals surface area (Å²) in [7, 11) is 2.29. The summed E-state index contributed by atoms with van der Waals surface area (Å²) >= 11 is 0. The summed E-state index contributed by atoms with van der Waals surface area (Å²) in [6.07, 6.45) is 3.74. The number of aromatic amines is 1. The Morgan fingerprint density at radius 3 is 2.73 bits per heavy atom. The summed E-state index contributed by atoms with van der Waals surface area (Å²) in [6.45, 7) is 5.82. The molecule has 2 nitrogen and oxygen atoms in total. The maximum absolute atomic E-state index is 3.89. The van der Waals surface area contributed by atoms with Crippen LogP contribution in [0.4, 0.5) is 0 Å². The summed E-state index contributed by atoms with van der Waals surface area (Å²) in [5.41, 5.74) is 8.84. The lowest BCUT2D eigenvalue weighted by atomic mass is 9.77. The lowest BCUT2D eigenvalue weighted by Crippen LogP contribution is -2.39. The molecule has 3 atom stereocenters. The number of aromatic nitrogens is 1. The largest absolute Gasteiger partial charge is 0.357 e. The number of piperidine rings is 1. The Kier molecular flexibility index (Phi) is 3.72. The van der Waals surface area contributed by atoms with Gasteiger partial charge in [0.15, 0.2) is 0 Å². The number of H-pyrrole nitrogens is 1. The van der Waals surface area contributed by atoms with Crippen molar-refractivity contribution in [2.75, 3.05) is 13.6 Å². The molecule has 3 aliphatic rings. The first kappa shape index (κ1) is 16.1. The molecule has 0 spiro atoms. The van der Waals surface area contributed by atoms with Gasteiger partial charge in [0.05, 0.1) is 0 Å². The van der Waals surface area contributed by atoms with Gasteiger partial charge in [0.1, 0.15) is 0 Å². The van der Waals surface area contributed by atoms with E-state index in [0.717, 1.165) is 6.42 Å². The van der Waals surface area contributed by atoms with Crippen molar-refractivity contribution in [3.05, 3.63) is 70.4 Å². The summed E-state index contributed by atoms with van der Waals surface area (Å²) in [5.74, 6) is 1.23. The second kappa shape index (κ2) is 5.99. The molecule has 1 fully saturated rings. The van der Waals surface area contributed by atoms with Crippen LogP contribution >= 0.6 is 0 Å². The molecule has 1 aromatic heterocycles. The number of aryl methyl sites for hydroxylation is 1. The summed E-state index contributed by atoms with van der Waals surface area (Å²) < 4.78 is 0. The van der Waals surface area contributed by atoms with Crippen molar-refractivity contribution in [2.24, 2.45) is 0 Å². The van der Waals surface area contributed by atoms with Crippen molar-refractivity contribution in [1.82, 2.24) is 9.88 Å². The normalized spacial score (nSPS) is 23.3. The average Bonchev–Trinajstić information content (AvgIpc) is 3.04. The Balaban J connectivity index is 1.61. The van der Waals surface area contributed by atoms with E-state index in [1.54, 1.807) is 5.56 Å². The Hall–Kier alpha value is -2.06. The van der Waals surface area contributed by atoms with Crippen LogP contribution in [0.2, 0.25) is 0 Å². The molecule has 2 heteroatoms. The van der Waals surface area contributed by atoms with Gasteiger partial charge in [-0.1, -0.05) is 48.9 Å². The number of rotatable bonds is 3. The zero-order valence-corrected chi connectivity index (χ0v) is 16.0. The summed E-state index contributed by atoms with van der Waals surface area (Å²) in [5, 5.41) is 1.50. The minimum absolute atomic E-state index is 0.529. The van der Waals surface area contributed by atoms with Crippen molar-refractivity contribution in [1.29, 1.82) is 0 Å². The van der Waals surface area contributed by atoms with Gasteiger partial charge in [-0.2, -0.15) is 0 Å². The van der Waals surface area contributed by atoms with Crippen LogP contribution in [0.25, 0.3) is 10.9 Å². The second-order valence-corrected chi connectivity index (χ2v) is 8.54. The van der Waals surface area contributed by atoms with Gasteiger partial charge < -0.3 is 4.98 Å². The number of likely N-dealkylation sites (N-methyl/N-ethyl adjacent to an activating group) is 1. The van der Waals surface area contributed by atoms with Gasteiger partial charge in [-0.05, 0) is 67.8 Å². The van der Waals surface area contributed by atoms with Crippen molar-refractivity contribution < 1.29 is 0 Å². The minimum Gasteiger partial charge on any atom is -0.357 e. The topological polar surface area (TPSA) is 19.0 Å². The lowest BCUT2D eigenvalue weighted by Gasteiger charge is -2.43. The van der Waals surface area contributed by atoms with Crippen molar-refractivity contribution in [3.63, 3.8) is 0 Å². The van der Waals surface area contributed by atoms with Crippen LogP contribution in [0.5, 0.6) is 0 Å². The van der Waals surface area contributed by atoms with Crippen LogP contribution in [0.3, 0.4) is 0 Å². The number of nitrogens with zero attached hydrogens (tertiary/aromatic N) is 1. The van der Waals surface area contributed by atoms with Crippen LogP contribution < -0.4 is 0 Å². The fourth-order valence-electron chi connectivity index (χ4n) is 5.41. The quantitative estimate of drug-likeness (QED) is 0.647. The highest BCUT2D eigenvalue weighted by Crippen LogP contribution is 2.49. The molecule has 134 valence electrons. The molecule has 3 unspecified atom stereocenters. The highest BCUT2D eigenvalue weighted by atomic mass is 15.2. The molecule has 1 aliphatic carbocycles. The Morgan fingerprint density at radius 2 is 1.96 bits per heavy atom. The first-order valence-corrected chi connectivity index (χ1v) is 10.0. The van der Waals surface area contributed by atoms with Crippen molar-refractivity contribution in [2.45, 2.75) is 51.0 Å². The third-order valence-corrected chi connectivity index (χ3v) is 6.67. The average molecular weight is 345 g/mol. The molecule has 2 aromatic carbocycles. The number of benzene rings is 2. The predicted octanol–water partition coefficient (Wildman–Crippen LogP) is 5.69. The zero-order valence-electron chi connectivity index (χ0n) is 16.0. The standard InChI is InChI=1S/C24H28N2/c1-15-11-19(13-16(2)17-7-5-4-6-8-17)23-20(12-15)22-18-9-10-21(24(22)25-23)26(3)14-18/h4-8,11-12,16,18,21,25H,9-10,13-14H2,1-3H3. The van der Waals surface area contributed by atoms with E-state index in [-0.39, 0.29) is 0 Å². The SMILES string of the molecule is Cc1cc(CC(C)c2ccccc2)c2[nH]c3c(c2c1)C1CCC3N(C)C1. The minimum atomic E-state index is 0.529. The van der Waals surface area contributed by atoms with Gasteiger partial charge in [0.2, 0.25) is 0 Å². The van der Waals surface area contributed by atoms with Crippen LogP contribution in [0, 0.1) is 6.92 Å². The zero-order chi connectivity index (χ0) is 17.8. The van der Waals surface area contributed by atoms with Gasteiger partial charge in [-0.25, -0.2) is 0 Å². The molecule has 2 aliphatic heterocycles. The highest BCUT2D eigenvalue weighted by molar-refractivity contribution is 5.89. The van der Waals surface area contributed by atoms with E-state index in [1.807, 2.05) is 0 Å². The van der Waals surface area contributed by atoms with Crippen LogP contribution in [0.15, 0.2) is 42.5 Å². The molecule has 6 rings (SSSR count). The van der Waals surface area contributed by atoms with Crippen LogP contribution in [-0.4, -0.2) is 23.5 Å². The van der Waals surface area contributed by atoms with E-state index >= 15 is 0 Å². The van der Waals surface area contributed by atoms with Gasteiger partial charge in [0.25, 0.3) is 0 Å². The molecule has 26 heavy (non-hydrogen) atoms. The first-order valence-electron chi connectivity index (χ1n) is 10.0. The second-order valence-electron chi connectivity index (χ2n) is 8.54. The molecule has 1 N–H and O–H groups in total. The maximum Gasteiger partial charge on any atom is 0.0499 e. The van der Waals surface area contributed by atoms with Crippen LogP contribution in [-0.2, 0) is 6.42 Å². The lowest BCUT2D eigenvalue weighted by molar-refractivity contribution is 0.143. The number of fused-ring (bicyclic) bond motifs is 3. The Morgan fingerprint density at radius 1 is 1.15 bits per heavy atom. The van der Waals surface area contributed by atoms with E-state index in [0.29, 0.717) is 17.9 Å². The van der Waals surface area contributed by atoms with Gasteiger partial charge >= 0.3 is 0 Å². The van der Waals surface area contributed by atoms with Gasteiger partial charge in [-0.3, -0.25) is 4.90 Å². The molecule has 3 aromatic rings. The fourth-order valence-corrected chi connectivity index (χ4v) is 5.41. The molecule has 2 bridgehead atoms. The van der Waals surface area contributed by atoms with Crippen molar-refractivity contribution in [3.8, 4) is 0 Å². The maximum atomic E-state index is 3.89. The van der Waals surface area contributed by atoms with Crippen molar-refractivity contribution >= 4 is 10.9 Å². The highest BCUT2D eigenvalue weighted by Gasteiger charge is 2.39. The third-order valence-electron chi connectivity index (χ3n) is 6.67. The summed E-state index contributed by atoms with van der Waals surface area (Å²) in [6, 6.07) is 16.3. The number of nitrogens with one attached hydrogen (secondary N) is 1. The van der Waals surface area contributed by atoms with Crippen LogP contribution in [0.1, 0.15) is 65.6 Å². The van der Waals surface area contributed by atoms with E-state index < -0.39 is 0 Å². The molecule has 3 heterocycles. The van der Waals surface area contributed by atoms with E-state index in [2.05, 4.69) is 73.2 Å². The molecule has 0 saturated carbocycles. The third kappa shape index (κ3) is 2.43. The van der Waals surface area contributed by atoms with E-state index in [4.69, 9.17) is 0 Å². The molecule has 0 radical (unpaired) electrons. The van der Waals surface area contributed by atoms with E-state index in [1.165, 1.54) is 52.7 Å². The number of hydrogen-bond acceptors (Lipinski definition) is 1.